The van der Waals surface area contributed by atoms with Crippen molar-refractivity contribution in [3.05, 3.63) is 157 Å². The van der Waals surface area contributed by atoms with E-state index in [1.54, 1.807) is 12.1 Å². The van der Waals surface area contributed by atoms with Crippen LogP contribution in [0.5, 0.6) is 0 Å². The summed E-state index contributed by atoms with van der Waals surface area (Å²) in [5.74, 6) is 0. The normalized spacial score (nSPS) is 11.4. The van der Waals surface area contributed by atoms with Gasteiger partial charge in [0.25, 0.3) is 0 Å². The van der Waals surface area contributed by atoms with Crippen LogP contribution in [0.2, 0.25) is 0 Å². The van der Waals surface area contributed by atoms with Gasteiger partial charge in [-0.05, 0) is 67.8 Å². The van der Waals surface area contributed by atoms with Crippen LogP contribution in [0, 0.1) is 0 Å². The minimum Gasteiger partial charge on any atom is -0.166 e. The van der Waals surface area contributed by atoms with E-state index in [2.05, 4.69) is 12.1 Å². The van der Waals surface area contributed by atoms with Gasteiger partial charge >= 0.3 is 6.18 Å². The van der Waals surface area contributed by atoms with E-state index in [0.29, 0.717) is 5.56 Å². The van der Waals surface area contributed by atoms with Crippen LogP contribution < -0.4 is 0 Å². The molecule has 0 N–H and O–H groups in total. The average Bonchev–Trinajstić information content (AvgIpc) is 3.01. The first kappa shape index (κ1) is 25.4. The standard InChI is InChI=1S/C37H25F3/c38-37(39,40)33-24-14-13-23-30(33)32-25-31(26-15-5-1-6-16-26)34(27-17-7-2-8-18-27)36(29-21-11-4-12-22-29)35(32)28-19-9-3-10-20-28/h1-25H. The summed E-state index contributed by atoms with van der Waals surface area (Å²) in [4.78, 5) is 0. The van der Waals surface area contributed by atoms with E-state index in [9.17, 15) is 13.2 Å². The molecule has 0 radical (unpaired) electrons. The summed E-state index contributed by atoms with van der Waals surface area (Å²) >= 11 is 0. The molecule has 3 heteroatoms. The van der Waals surface area contributed by atoms with E-state index in [0.717, 1.165) is 44.5 Å². The highest BCUT2D eigenvalue weighted by Gasteiger charge is 2.35. The minimum atomic E-state index is -4.51. The van der Waals surface area contributed by atoms with Crippen molar-refractivity contribution in [2.75, 3.05) is 0 Å². The Bertz CT molecular complexity index is 1740. The fraction of sp³-hybridized carbons (Fsp3) is 0.0270. The Morgan fingerprint density at radius 2 is 0.700 bits per heavy atom. The maximum Gasteiger partial charge on any atom is 0.417 e. The Kier molecular flexibility index (Phi) is 6.79. The topological polar surface area (TPSA) is 0 Å². The van der Waals surface area contributed by atoms with Crippen molar-refractivity contribution in [2.24, 2.45) is 0 Å². The van der Waals surface area contributed by atoms with Crippen molar-refractivity contribution in [2.45, 2.75) is 6.18 Å². The Balaban J connectivity index is 1.87. The molecule has 0 saturated heterocycles. The molecule has 0 nitrogen and oxygen atoms in total. The summed E-state index contributed by atoms with van der Waals surface area (Å²) in [5.41, 5.74) is 7.26. The molecule has 0 aliphatic heterocycles. The molecular formula is C37H25F3. The predicted octanol–water partition coefficient (Wildman–Crippen LogP) is 11.0. The zero-order valence-corrected chi connectivity index (χ0v) is 21.6. The van der Waals surface area contributed by atoms with Crippen molar-refractivity contribution in [3.8, 4) is 55.6 Å². The second-order valence-electron chi connectivity index (χ2n) is 9.60. The monoisotopic (exact) mass is 526 g/mol. The van der Waals surface area contributed by atoms with E-state index in [1.165, 1.54) is 12.1 Å². The summed E-state index contributed by atoms with van der Waals surface area (Å²) in [5, 5.41) is 0. The molecule has 0 bridgehead atoms. The fourth-order valence-corrected chi connectivity index (χ4v) is 5.41. The number of hydrogen-bond acceptors (Lipinski definition) is 0. The third kappa shape index (κ3) is 4.83. The second-order valence-corrected chi connectivity index (χ2v) is 9.60. The zero-order valence-electron chi connectivity index (χ0n) is 21.6. The number of benzene rings is 6. The van der Waals surface area contributed by atoms with Gasteiger partial charge in [0, 0.05) is 0 Å². The maximum atomic E-state index is 14.5. The van der Waals surface area contributed by atoms with Gasteiger partial charge in [0.05, 0.1) is 5.56 Å². The highest BCUT2D eigenvalue weighted by atomic mass is 19.4. The Labute approximate surface area is 232 Å². The quantitative estimate of drug-likeness (QED) is 0.210. The molecule has 194 valence electrons. The number of halogens is 3. The number of rotatable bonds is 5. The highest BCUT2D eigenvalue weighted by molar-refractivity contribution is 6.07. The van der Waals surface area contributed by atoms with E-state index in [-0.39, 0.29) is 5.56 Å². The van der Waals surface area contributed by atoms with Crippen LogP contribution in [0.25, 0.3) is 55.6 Å². The highest BCUT2D eigenvalue weighted by Crippen LogP contribution is 2.51. The van der Waals surface area contributed by atoms with Gasteiger partial charge in [0.15, 0.2) is 0 Å². The van der Waals surface area contributed by atoms with E-state index >= 15 is 0 Å². The summed E-state index contributed by atoms with van der Waals surface area (Å²) in [7, 11) is 0. The van der Waals surface area contributed by atoms with E-state index in [4.69, 9.17) is 0 Å². The Morgan fingerprint density at radius 3 is 1.18 bits per heavy atom. The molecule has 0 spiro atoms. The third-order valence-electron chi connectivity index (χ3n) is 7.12. The molecule has 0 atom stereocenters. The lowest BCUT2D eigenvalue weighted by atomic mass is 9.78. The van der Waals surface area contributed by atoms with Crippen molar-refractivity contribution >= 4 is 0 Å². The van der Waals surface area contributed by atoms with Crippen LogP contribution in [-0.4, -0.2) is 0 Å². The Morgan fingerprint density at radius 1 is 0.325 bits per heavy atom. The average molecular weight is 527 g/mol. The molecule has 0 aliphatic carbocycles. The molecule has 0 aliphatic rings. The lowest BCUT2D eigenvalue weighted by Crippen LogP contribution is -2.08. The molecule has 6 rings (SSSR count). The minimum absolute atomic E-state index is 0.155. The third-order valence-corrected chi connectivity index (χ3v) is 7.12. The predicted molar refractivity (Wildman–Crippen MR) is 159 cm³/mol. The first-order valence-corrected chi connectivity index (χ1v) is 13.1. The molecule has 6 aromatic carbocycles. The van der Waals surface area contributed by atoms with Gasteiger partial charge in [0.2, 0.25) is 0 Å². The summed E-state index contributed by atoms with van der Waals surface area (Å²) < 4.78 is 43.4. The van der Waals surface area contributed by atoms with Gasteiger partial charge in [-0.25, -0.2) is 0 Å². The number of alkyl halides is 3. The van der Waals surface area contributed by atoms with Gasteiger partial charge in [-0.3, -0.25) is 0 Å². The van der Waals surface area contributed by atoms with Crippen LogP contribution in [-0.2, 0) is 6.18 Å². The number of hydrogen-bond donors (Lipinski definition) is 0. The summed E-state index contributed by atoms with van der Waals surface area (Å²) in [6.07, 6.45) is -4.51. The summed E-state index contributed by atoms with van der Waals surface area (Å²) in [6.45, 7) is 0. The van der Waals surface area contributed by atoms with Gasteiger partial charge < -0.3 is 0 Å². The zero-order chi connectivity index (χ0) is 27.5. The van der Waals surface area contributed by atoms with Gasteiger partial charge in [-0.15, -0.1) is 0 Å². The van der Waals surface area contributed by atoms with Crippen molar-refractivity contribution < 1.29 is 13.2 Å². The molecule has 40 heavy (non-hydrogen) atoms. The van der Waals surface area contributed by atoms with E-state index < -0.39 is 11.7 Å². The van der Waals surface area contributed by atoms with Gasteiger partial charge in [-0.2, -0.15) is 13.2 Å². The molecular weight excluding hydrogens is 501 g/mol. The van der Waals surface area contributed by atoms with Gasteiger partial charge in [-0.1, -0.05) is 140 Å². The second kappa shape index (κ2) is 10.7. The fourth-order valence-electron chi connectivity index (χ4n) is 5.41. The maximum absolute atomic E-state index is 14.5. The molecule has 0 unspecified atom stereocenters. The molecule has 0 heterocycles. The lowest BCUT2D eigenvalue weighted by molar-refractivity contribution is -0.137. The van der Waals surface area contributed by atoms with Crippen LogP contribution in [0.3, 0.4) is 0 Å². The SMILES string of the molecule is FC(F)(F)c1ccccc1-c1cc(-c2ccccc2)c(-c2ccccc2)c(-c2ccccc2)c1-c1ccccc1. The first-order valence-electron chi connectivity index (χ1n) is 13.1. The van der Waals surface area contributed by atoms with Crippen LogP contribution in [0.1, 0.15) is 5.56 Å². The van der Waals surface area contributed by atoms with Crippen molar-refractivity contribution in [3.63, 3.8) is 0 Å². The Hall–Kier alpha value is -4.89. The molecule has 0 saturated carbocycles. The summed E-state index contributed by atoms with van der Waals surface area (Å²) in [6, 6.07) is 47.5. The van der Waals surface area contributed by atoms with Crippen LogP contribution in [0.15, 0.2) is 152 Å². The van der Waals surface area contributed by atoms with E-state index in [1.807, 2.05) is 115 Å². The molecule has 6 aromatic rings. The lowest BCUT2D eigenvalue weighted by Gasteiger charge is -2.25. The van der Waals surface area contributed by atoms with Crippen LogP contribution in [0.4, 0.5) is 13.2 Å². The molecule has 0 amide bonds. The molecule has 0 aromatic heterocycles. The first-order chi connectivity index (χ1) is 19.5. The van der Waals surface area contributed by atoms with Crippen molar-refractivity contribution in [1.29, 1.82) is 0 Å². The smallest absolute Gasteiger partial charge is 0.166 e. The van der Waals surface area contributed by atoms with Crippen molar-refractivity contribution in [1.82, 2.24) is 0 Å². The largest absolute Gasteiger partial charge is 0.417 e. The van der Waals surface area contributed by atoms with Crippen LogP contribution >= 0.6 is 0 Å². The van der Waals surface area contributed by atoms with Gasteiger partial charge in [0.1, 0.15) is 0 Å². The molecule has 0 fully saturated rings.